The van der Waals surface area contributed by atoms with Crippen molar-refractivity contribution >= 4 is 11.8 Å². The van der Waals surface area contributed by atoms with Crippen LogP contribution in [0.25, 0.3) is 0 Å². The molecular formula is C25H34N2O2. The summed E-state index contributed by atoms with van der Waals surface area (Å²) in [5, 5.41) is 3.04. The Morgan fingerprint density at radius 1 is 1.00 bits per heavy atom. The summed E-state index contributed by atoms with van der Waals surface area (Å²) in [6.45, 7) is 12.3. The van der Waals surface area contributed by atoms with Gasteiger partial charge < -0.3 is 10.2 Å². The van der Waals surface area contributed by atoms with Crippen LogP contribution in [-0.2, 0) is 22.6 Å². The van der Waals surface area contributed by atoms with E-state index in [1.807, 2.05) is 90.1 Å². The lowest BCUT2D eigenvalue weighted by atomic mass is 10.0. The summed E-state index contributed by atoms with van der Waals surface area (Å²) in [6, 6.07) is 15.5. The topological polar surface area (TPSA) is 49.4 Å². The first kappa shape index (κ1) is 22.7. The standard InChI is InChI=1S/C25H34N2O2/c1-7-22(24(29)26-25(4,5)6)27(17-20-14-12-18(2)13-15-20)23(28)16-21-11-9-8-10-19(21)3/h8-15,22H,7,16-17H2,1-6H3,(H,26,29)/t22-/m0/s1. The smallest absolute Gasteiger partial charge is 0.243 e. The maximum Gasteiger partial charge on any atom is 0.243 e. The van der Waals surface area contributed by atoms with Crippen LogP contribution in [0.3, 0.4) is 0 Å². The summed E-state index contributed by atoms with van der Waals surface area (Å²) in [4.78, 5) is 28.1. The number of carbonyl (C=O) groups excluding carboxylic acids is 2. The predicted octanol–water partition coefficient (Wildman–Crippen LogP) is 4.57. The van der Waals surface area contributed by atoms with E-state index in [0.29, 0.717) is 13.0 Å². The van der Waals surface area contributed by atoms with Gasteiger partial charge >= 0.3 is 0 Å². The predicted molar refractivity (Wildman–Crippen MR) is 119 cm³/mol. The summed E-state index contributed by atoms with van der Waals surface area (Å²) < 4.78 is 0. The molecule has 0 fully saturated rings. The van der Waals surface area contributed by atoms with Gasteiger partial charge in [0.05, 0.1) is 6.42 Å². The van der Waals surface area contributed by atoms with Crippen molar-refractivity contribution in [2.75, 3.05) is 0 Å². The Morgan fingerprint density at radius 3 is 2.17 bits per heavy atom. The minimum Gasteiger partial charge on any atom is -0.350 e. The number of carbonyl (C=O) groups is 2. The summed E-state index contributed by atoms with van der Waals surface area (Å²) in [5.41, 5.74) is 3.93. The van der Waals surface area contributed by atoms with Gasteiger partial charge in [-0.3, -0.25) is 9.59 Å². The molecule has 2 rings (SSSR count). The number of hydrogen-bond acceptors (Lipinski definition) is 2. The van der Waals surface area contributed by atoms with Gasteiger partial charge in [-0.25, -0.2) is 0 Å². The van der Waals surface area contributed by atoms with E-state index in [1.165, 1.54) is 5.56 Å². The largest absolute Gasteiger partial charge is 0.350 e. The molecule has 29 heavy (non-hydrogen) atoms. The summed E-state index contributed by atoms with van der Waals surface area (Å²) in [6.07, 6.45) is 0.852. The minimum absolute atomic E-state index is 0.0317. The van der Waals surface area contributed by atoms with E-state index in [4.69, 9.17) is 0 Å². The van der Waals surface area contributed by atoms with Gasteiger partial charge in [-0.2, -0.15) is 0 Å². The van der Waals surface area contributed by atoms with Crippen LogP contribution < -0.4 is 5.32 Å². The van der Waals surface area contributed by atoms with Crippen molar-refractivity contribution in [3.8, 4) is 0 Å². The van der Waals surface area contributed by atoms with Crippen LogP contribution in [0, 0.1) is 13.8 Å². The third kappa shape index (κ3) is 6.74. The fourth-order valence-corrected chi connectivity index (χ4v) is 3.34. The Morgan fingerprint density at radius 2 is 1.62 bits per heavy atom. The second-order valence-corrected chi connectivity index (χ2v) is 8.77. The molecule has 2 aromatic carbocycles. The molecule has 1 N–H and O–H groups in total. The molecule has 0 saturated heterocycles. The summed E-state index contributed by atoms with van der Waals surface area (Å²) in [7, 11) is 0. The molecule has 0 aromatic heterocycles. The van der Waals surface area contributed by atoms with Gasteiger partial charge in [0, 0.05) is 12.1 Å². The highest BCUT2D eigenvalue weighted by Crippen LogP contribution is 2.17. The average molecular weight is 395 g/mol. The van der Waals surface area contributed by atoms with Crippen molar-refractivity contribution in [2.45, 2.75) is 72.5 Å². The minimum atomic E-state index is -0.507. The molecule has 0 aliphatic carbocycles. The Bertz CT molecular complexity index is 835. The van der Waals surface area contributed by atoms with Crippen LogP contribution in [0.5, 0.6) is 0 Å². The van der Waals surface area contributed by atoms with E-state index >= 15 is 0 Å². The van der Waals surface area contributed by atoms with Gasteiger partial charge in [0.15, 0.2) is 0 Å². The molecule has 4 nitrogen and oxygen atoms in total. The summed E-state index contributed by atoms with van der Waals surface area (Å²) >= 11 is 0. The lowest BCUT2D eigenvalue weighted by molar-refractivity contribution is -0.141. The molecule has 0 heterocycles. The van der Waals surface area contributed by atoms with E-state index in [9.17, 15) is 9.59 Å². The fraction of sp³-hybridized carbons (Fsp3) is 0.440. The average Bonchev–Trinajstić information content (AvgIpc) is 2.63. The zero-order chi connectivity index (χ0) is 21.6. The Balaban J connectivity index is 2.32. The molecule has 0 spiro atoms. The number of amides is 2. The third-order valence-electron chi connectivity index (χ3n) is 4.96. The number of aryl methyl sites for hydroxylation is 2. The maximum atomic E-state index is 13.4. The normalized spacial score (nSPS) is 12.3. The Labute approximate surface area is 175 Å². The zero-order valence-corrected chi connectivity index (χ0v) is 18.6. The van der Waals surface area contributed by atoms with Crippen LogP contribution in [0.2, 0.25) is 0 Å². The highest BCUT2D eigenvalue weighted by atomic mass is 16.2. The van der Waals surface area contributed by atoms with Crippen molar-refractivity contribution < 1.29 is 9.59 Å². The SMILES string of the molecule is CC[C@@H](C(=O)NC(C)(C)C)N(Cc1ccc(C)cc1)C(=O)Cc1ccccc1C. The van der Waals surface area contributed by atoms with Crippen molar-refractivity contribution in [1.29, 1.82) is 0 Å². The second kappa shape index (κ2) is 9.73. The van der Waals surface area contributed by atoms with Crippen molar-refractivity contribution in [3.63, 3.8) is 0 Å². The van der Waals surface area contributed by atoms with Crippen LogP contribution in [-0.4, -0.2) is 28.3 Å². The van der Waals surface area contributed by atoms with E-state index in [2.05, 4.69) is 5.32 Å². The second-order valence-electron chi connectivity index (χ2n) is 8.77. The number of hydrogen-bond donors (Lipinski definition) is 1. The monoisotopic (exact) mass is 394 g/mol. The van der Waals surface area contributed by atoms with Crippen molar-refractivity contribution in [2.24, 2.45) is 0 Å². The van der Waals surface area contributed by atoms with Crippen LogP contribution in [0.15, 0.2) is 48.5 Å². The van der Waals surface area contributed by atoms with Crippen LogP contribution >= 0.6 is 0 Å². The fourth-order valence-electron chi connectivity index (χ4n) is 3.34. The molecule has 4 heteroatoms. The molecule has 1 atom stereocenters. The van der Waals surface area contributed by atoms with Crippen molar-refractivity contribution in [3.05, 3.63) is 70.8 Å². The lowest BCUT2D eigenvalue weighted by Gasteiger charge is -2.33. The molecule has 2 amide bonds. The van der Waals surface area contributed by atoms with Crippen molar-refractivity contribution in [1.82, 2.24) is 10.2 Å². The number of nitrogens with one attached hydrogen (secondary N) is 1. The highest BCUT2D eigenvalue weighted by molar-refractivity contribution is 5.89. The lowest BCUT2D eigenvalue weighted by Crippen LogP contribution is -2.53. The van der Waals surface area contributed by atoms with E-state index < -0.39 is 6.04 Å². The van der Waals surface area contributed by atoms with Crippen LogP contribution in [0.1, 0.15) is 56.4 Å². The molecule has 0 bridgehead atoms. The van der Waals surface area contributed by atoms with E-state index in [-0.39, 0.29) is 23.8 Å². The molecular weight excluding hydrogens is 360 g/mol. The van der Waals surface area contributed by atoms with E-state index in [0.717, 1.165) is 16.7 Å². The molecule has 0 aliphatic heterocycles. The first-order valence-corrected chi connectivity index (χ1v) is 10.3. The van der Waals surface area contributed by atoms with Gasteiger partial charge in [0.25, 0.3) is 0 Å². The zero-order valence-electron chi connectivity index (χ0n) is 18.6. The number of nitrogens with zero attached hydrogens (tertiary/aromatic N) is 1. The maximum absolute atomic E-state index is 13.4. The highest BCUT2D eigenvalue weighted by Gasteiger charge is 2.30. The van der Waals surface area contributed by atoms with Gasteiger partial charge in [-0.15, -0.1) is 0 Å². The quantitative estimate of drug-likeness (QED) is 0.748. The van der Waals surface area contributed by atoms with Gasteiger partial charge in [0.1, 0.15) is 6.04 Å². The first-order chi connectivity index (χ1) is 13.6. The molecule has 156 valence electrons. The number of rotatable bonds is 7. The van der Waals surface area contributed by atoms with E-state index in [1.54, 1.807) is 4.90 Å². The van der Waals surface area contributed by atoms with Gasteiger partial charge in [0.2, 0.25) is 11.8 Å². The molecule has 2 aromatic rings. The molecule has 0 unspecified atom stereocenters. The van der Waals surface area contributed by atoms with Gasteiger partial charge in [-0.1, -0.05) is 61.0 Å². The molecule has 0 radical (unpaired) electrons. The molecule has 0 saturated carbocycles. The Hall–Kier alpha value is -2.62. The first-order valence-electron chi connectivity index (χ1n) is 10.3. The number of benzene rings is 2. The Kier molecular flexibility index (Phi) is 7.60. The van der Waals surface area contributed by atoms with Gasteiger partial charge in [-0.05, 0) is 57.7 Å². The third-order valence-corrected chi connectivity index (χ3v) is 4.96. The van der Waals surface area contributed by atoms with Crippen LogP contribution in [0.4, 0.5) is 0 Å². The molecule has 0 aliphatic rings. The summed E-state index contributed by atoms with van der Waals surface area (Å²) in [5.74, 6) is -0.138.